The fraction of sp³-hybridized carbons (Fsp3) is 0.333. The lowest BCUT2D eigenvalue weighted by atomic mass is 10.0. The van der Waals surface area contributed by atoms with Gasteiger partial charge in [0.15, 0.2) is 0 Å². The number of benzene rings is 2. The molecular weight excluding hydrogens is 244 g/mol. The van der Waals surface area contributed by atoms with E-state index in [1.165, 1.54) is 16.3 Å². The van der Waals surface area contributed by atoms with Crippen molar-refractivity contribution in [2.75, 3.05) is 32.7 Å². The van der Waals surface area contributed by atoms with Gasteiger partial charge in [0.1, 0.15) is 0 Å². The van der Waals surface area contributed by atoms with E-state index in [0.29, 0.717) is 0 Å². The van der Waals surface area contributed by atoms with Crippen LogP contribution >= 0.6 is 0 Å². The highest BCUT2D eigenvalue weighted by Crippen LogP contribution is 2.21. The van der Waals surface area contributed by atoms with Crippen LogP contribution in [0.3, 0.4) is 0 Å². The number of rotatable bonds is 1. The SMILES string of the molecule is Cc1ccc(C#CCN2CCNCC2)c2ccccc12. The molecule has 2 nitrogen and oxygen atoms in total. The molecule has 0 spiro atoms. The van der Waals surface area contributed by atoms with Gasteiger partial charge in [-0.1, -0.05) is 42.2 Å². The summed E-state index contributed by atoms with van der Waals surface area (Å²) < 4.78 is 0. The third-order valence-corrected chi connectivity index (χ3v) is 3.88. The first-order chi connectivity index (χ1) is 9.84. The Morgan fingerprint density at radius 2 is 1.80 bits per heavy atom. The molecule has 102 valence electrons. The molecule has 0 atom stereocenters. The van der Waals surface area contributed by atoms with Gasteiger partial charge < -0.3 is 5.32 Å². The van der Waals surface area contributed by atoms with E-state index in [1.807, 2.05) is 0 Å². The van der Waals surface area contributed by atoms with Crippen molar-refractivity contribution in [3.05, 3.63) is 47.5 Å². The normalized spacial score (nSPS) is 15.8. The van der Waals surface area contributed by atoms with Crippen LogP contribution in [-0.4, -0.2) is 37.6 Å². The third-order valence-electron chi connectivity index (χ3n) is 3.88. The Labute approximate surface area is 120 Å². The molecule has 0 unspecified atom stereocenters. The molecule has 1 aliphatic rings. The Bertz CT molecular complexity index is 658. The summed E-state index contributed by atoms with van der Waals surface area (Å²) in [5.74, 6) is 6.68. The van der Waals surface area contributed by atoms with E-state index < -0.39 is 0 Å². The Kier molecular flexibility index (Phi) is 4.01. The van der Waals surface area contributed by atoms with Gasteiger partial charge in [0.05, 0.1) is 6.54 Å². The van der Waals surface area contributed by atoms with Crippen LogP contribution in [0.2, 0.25) is 0 Å². The van der Waals surface area contributed by atoms with Crippen LogP contribution in [0.25, 0.3) is 10.8 Å². The average molecular weight is 264 g/mol. The lowest BCUT2D eigenvalue weighted by Gasteiger charge is -2.24. The molecule has 2 aromatic carbocycles. The summed E-state index contributed by atoms with van der Waals surface area (Å²) in [5.41, 5.74) is 2.45. The van der Waals surface area contributed by atoms with Gasteiger partial charge in [0.2, 0.25) is 0 Å². The maximum absolute atomic E-state index is 3.36. The van der Waals surface area contributed by atoms with Gasteiger partial charge in [-0.05, 0) is 29.3 Å². The average Bonchev–Trinajstić information content (AvgIpc) is 2.51. The zero-order valence-electron chi connectivity index (χ0n) is 11.9. The molecule has 0 radical (unpaired) electrons. The fourth-order valence-electron chi connectivity index (χ4n) is 2.67. The molecule has 2 heteroatoms. The molecule has 1 N–H and O–H groups in total. The van der Waals surface area contributed by atoms with Gasteiger partial charge in [0, 0.05) is 31.7 Å². The molecule has 1 fully saturated rings. The summed E-state index contributed by atoms with van der Waals surface area (Å²) in [4.78, 5) is 2.40. The number of piperazine rings is 1. The maximum Gasteiger partial charge on any atom is 0.0606 e. The summed E-state index contributed by atoms with van der Waals surface area (Å²) in [7, 11) is 0. The van der Waals surface area contributed by atoms with E-state index in [0.717, 1.165) is 38.3 Å². The Hall–Kier alpha value is -1.82. The summed E-state index contributed by atoms with van der Waals surface area (Å²) in [5, 5.41) is 5.93. The minimum atomic E-state index is 0.865. The predicted molar refractivity (Wildman–Crippen MR) is 84.9 cm³/mol. The van der Waals surface area contributed by atoms with E-state index in [2.05, 4.69) is 65.4 Å². The van der Waals surface area contributed by atoms with Crippen molar-refractivity contribution in [3.8, 4) is 11.8 Å². The van der Waals surface area contributed by atoms with Gasteiger partial charge in [-0.15, -0.1) is 0 Å². The monoisotopic (exact) mass is 264 g/mol. The second kappa shape index (κ2) is 6.09. The predicted octanol–water partition coefficient (Wildman–Crippen LogP) is 2.40. The van der Waals surface area contributed by atoms with Gasteiger partial charge in [0.25, 0.3) is 0 Å². The van der Waals surface area contributed by atoms with Crippen molar-refractivity contribution < 1.29 is 0 Å². The van der Waals surface area contributed by atoms with Crippen LogP contribution in [0, 0.1) is 18.8 Å². The Morgan fingerprint density at radius 1 is 1.05 bits per heavy atom. The van der Waals surface area contributed by atoms with Crippen molar-refractivity contribution in [3.63, 3.8) is 0 Å². The second-order valence-electron chi connectivity index (χ2n) is 5.30. The minimum absolute atomic E-state index is 0.865. The number of nitrogens with zero attached hydrogens (tertiary/aromatic N) is 1. The minimum Gasteiger partial charge on any atom is -0.314 e. The number of hydrogen-bond acceptors (Lipinski definition) is 2. The topological polar surface area (TPSA) is 15.3 Å². The van der Waals surface area contributed by atoms with Crippen LogP contribution in [0.15, 0.2) is 36.4 Å². The standard InChI is InChI=1S/C18H20N2/c1-15-8-9-16(18-7-3-2-6-17(15)18)5-4-12-20-13-10-19-11-14-20/h2-3,6-9,19H,10-14H2,1H3. The number of aryl methyl sites for hydroxylation is 1. The molecule has 1 aliphatic heterocycles. The van der Waals surface area contributed by atoms with Gasteiger partial charge in [-0.3, -0.25) is 4.90 Å². The van der Waals surface area contributed by atoms with Crippen LogP contribution in [-0.2, 0) is 0 Å². The van der Waals surface area contributed by atoms with Crippen LogP contribution in [0.1, 0.15) is 11.1 Å². The maximum atomic E-state index is 3.36. The molecule has 0 saturated carbocycles. The Morgan fingerprint density at radius 3 is 2.60 bits per heavy atom. The highest BCUT2D eigenvalue weighted by Gasteiger charge is 2.06. The lowest BCUT2D eigenvalue weighted by molar-refractivity contribution is 0.268. The van der Waals surface area contributed by atoms with Gasteiger partial charge >= 0.3 is 0 Å². The zero-order valence-corrected chi connectivity index (χ0v) is 11.9. The van der Waals surface area contributed by atoms with Crippen molar-refractivity contribution in [2.24, 2.45) is 0 Å². The lowest BCUT2D eigenvalue weighted by Crippen LogP contribution is -2.43. The quantitative estimate of drug-likeness (QED) is 0.796. The molecule has 1 heterocycles. The van der Waals surface area contributed by atoms with Crippen LogP contribution in [0.5, 0.6) is 0 Å². The molecule has 20 heavy (non-hydrogen) atoms. The van der Waals surface area contributed by atoms with E-state index in [-0.39, 0.29) is 0 Å². The highest BCUT2D eigenvalue weighted by atomic mass is 15.2. The molecule has 3 rings (SSSR count). The van der Waals surface area contributed by atoms with Crippen molar-refractivity contribution >= 4 is 10.8 Å². The Balaban J connectivity index is 1.82. The summed E-state index contributed by atoms with van der Waals surface area (Å²) >= 11 is 0. The van der Waals surface area contributed by atoms with Gasteiger partial charge in [-0.2, -0.15) is 0 Å². The first kappa shape index (κ1) is 13.2. The van der Waals surface area contributed by atoms with E-state index in [4.69, 9.17) is 0 Å². The first-order valence-corrected chi connectivity index (χ1v) is 7.25. The van der Waals surface area contributed by atoms with E-state index in [1.54, 1.807) is 0 Å². The van der Waals surface area contributed by atoms with Crippen LogP contribution in [0.4, 0.5) is 0 Å². The summed E-state index contributed by atoms with van der Waals surface area (Å²) in [6.45, 7) is 7.38. The summed E-state index contributed by atoms with van der Waals surface area (Å²) in [6, 6.07) is 12.8. The van der Waals surface area contributed by atoms with E-state index in [9.17, 15) is 0 Å². The third kappa shape index (κ3) is 2.85. The first-order valence-electron chi connectivity index (χ1n) is 7.25. The molecule has 0 aromatic heterocycles. The van der Waals surface area contributed by atoms with Crippen molar-refractivity contribution in [2.45, 2.75) is 6.92 Å². The molecule has 0 aliphatic carbocycles. The van der Waals surface area contributed by atoms with Gasteiger partial charge in [-0.25, -0.2) is 0 Å². The number of nitrogens with one attached hydrogen (secondary N) is 1. The smallest absolute Gasteiger partial charge is 0.0606 e. The molecule has 0 bridgehead atoms. The number of fused-ring (bicyclic) bond motifs is 1. The van der Waals surface area contributed by atoms with Crippen LogP contribution < -0.4 is 5.32 Å². The zero-order chi connectivity index (χ0) is 13.8. The van der Waals surface area contributed by atoms with Crippen molar-refractivity contribution in [1.82, 2.24) is 10.2 Å². The molecule has 1 saturated heterocycles. The highest BCUT2D eigenvalue weighted by molar-refractivity contribution is 5.90. The second-order valence-corrected chi connectivity index (χ2v) is 5.30. The molecular formula is C18H20N2. The van der Waals surface area contributed by atoms with Crippen molar-refractivity contribution in [1.29, 1.82) is 0 Å². The summed E-state index contributed by atoms with van der Waals surface area (Å²) in [6.07, 6.45) is 0. The largest absolute Gasteiger partial charge is 0.314 e. The molecule has 2 aromatic rings. The number of hydrogen-bond donors (Lipinski definition) is 1. The molecule has 0 amide bonds. The fourth-order valence-corrected chi connectivity index (χ4v) is 2.67. The van der Waals surface area contributed by atoms with E-state index >= 15 is 0 Å².